The zero-order chi connectivity index (χ0) is 15.6. The Balaban J connectivity index is 1.36. The normalized spacial score (nSPS) is 18.8. The third-order valence-corrected chi connectivity index (χ3v) is 4.36. The Labute approximate surface area is 134 Å². The van der Waals surface area contributed by atoms with Crippen molar-refractivity contribution in [2.45, 2.75) is 25.3 Å². The van der Waals surface area contributed by atoms with Crippen LogP contribution >= 0.6 is 0 Å². The molecule has 2 aromatic rings. The van der Waals surface area contributed by atoms with Gasteiger partial charge in [-0.2, -0.15) is 10.2 Å². The van der Waals surface area contributed by atoms with Crippen LogP contribution in [-0.2, 0) is 6.54 Å². The number of pyridine rings is 1. The van der Waals surface area contributed by atoms with Gasteiger partial charge in [-0.05, 0) is 25.0 Å². The lowest BCUT2D eigenvalue weighted by Gasteiger charge is -2.34. The zero-order valence-corrected chi connectivity index (χ0v) is 12.9. The molecule has 0 unspecified atom stereocenters. The number of nitrogens with zero attached hydrogens (tertiary/aromatic N) is 6. The molecule has 2 aliphatic rings. The fourth-order valence-electron chi connectivity index (χ4n) is 2.88. The van der Waals surface area contributed by atoms with Crippen LogP contribution in [0.1, 0.15) is 36.0 Å². The van der Waals surface area contributed by atoms with E-state index in [1.165, 1.54) is 12.8 Å². The van der Waals surface area contributed by atoms with E-state index < -0.39 is 0 Å². The van der Waals surface area contributed by atoms with Crippen molar-refractivity contribution in [1.82, 2.24) is 20.0 Å². The number of hydrogen-bond donors (Lipinski definition) is 0. The third-order valence-electron chi connectivity index (χ3n) is 4.36. The van der Waals surface area contributed by atoms with E-state index in [1.807, 2.05) is 6.07 Å². The molecule has 118 valence electrons. The molecule has 1 aliphatic heterocycles. The first-order valence-electron chi connectivity index (χ1n) is 7.98. The van der Waals surface area contributed by atoms with Crippen LogP contribution < -0.4 is 4.90 Å². The molecule has 1 aliphatic carbocycles. The van der Waals surface area contributed by atoms with E-state index in [0.717, 1.165) is 37.8 Å². The molecule has 1 saturated heterocycles. The number of anilines is 1. The molecule has 23 heavy (non-hydrogen) atoms. The molecule has 3 heterocycles. The predicted octanol–water partition coefficient (Wildman–Crippen LogP) is 1.54. The van der Waals surface area contributed by atoms with E-state index >= 15 is 0 Å². The maximum Gasteiger partial charge on any atom is 0.240 e. The summed E-state index contributed by atoms with van der Waals surface area (Å²) >= 11 is 0. The van der Waals surface area contributed by atoms with Gasteiger partial charge < -0.3 is 9.42 Å². The fourth-order valence-corrected chi connectivity index (χ4v) is 2.88. The Kier molecular flexibility index (Phi) is 3.67. The van der Waals surface area contributed by atoms with Gasteiger partial charge in [0, 0.05) is 38.3 Å². The van der Waals surface area contributed by atoms with Gasteiger partial charge in [-0.1, -0.05) is 5.16 Å². The minimum Gasteiger partial charge on any atom is -0.353 e. The molecule has 0 spiro atoms. The van der Waals surface area contributed by atoms with Crippen LogP contribution in [0, 0.1) is 11.3 Å². The van der Waals surface area contributed by atoms with Gasteiger partial charge in [0.2, 0.25) is 5.89 Å². The SMILES string of the molecule is N#Cc1cccnc1N1CCN(Cc2nc(C3CC3)no2)CC1. The second-order valence-corrected chi connectivity index (χ2v) is 6.07. The molecular formula is C16H18N6O. The lowest BCUT2D eigenvalue weighted by molar-refractivity contribution is 0.215. The highest BCUT2D eigenvalue weighted by molar-refractivity contribution is 5.53. The van der Waals surface area contributed by atoms with E-state index in [4.69, 9.17) is 4.52 Å². The maximum atomic E-state index is 9.19. The first-order chi connectivity index (χ1) is 11.3. The fraction of sp³-hybridized carbons (Fsp3) is 0.500. The highest BCUT2D eigenvalue weighted by Gasteiger charge is 2.29. The molecule has 2 fully saturated rings. The molecule has 0 atom stereocenters. The van der Waals surface area contributed by atoms with Gasteiger partial charge in [0.05, 0.1) is 12.1 Å². The van der Waals surface area contributed by atoms with Gasteiger partial charge in [-0.15, -0.1) is 0 Å². The summed E-state index contributed by atoms with van der Waals surface area (Å²) in [6.07, 6.45) is 4.10. The molecule has 4 rings (SSSR count). The van der Waals surface area contributed by atoms with Crippen molar-refractivity contribution in [3.05, 3.63) is 35.6 Å². The Morgan fingerprint density at radius 3 is 2.83 bits per heavy atom. The molecule has 0 aromatic carbocycles. The minimum absolute atomic E-state index is 0.526. The predicted molar refractivity (Wildman–Crippen MR) is 82.7 cm³/mol. The Morgan fingerprint density at radius 1 is 1.26 bits per heavy atom. The molecule has 0 bridgehead atoms. The highest BCUT2D eigenvalue weighted by Crippen LogP contribution is 2.38. The monoisotopic (exact) mass is 310 g/mol. The molecule has 7 heteroatoms. The number of piperazine rings is 1. The van der Waals surface area contributed by atoms with Crippen molar-refractivity contribution in [2.75, 3.05) is 31.1 Å². The van der Waals surface area contributed by atoms with E-state index in [-0.39, 0.29) is 0 Å². The van der Waals surface area contributed by atoms with Crippen molar-refractivity contribution >= 4 is 5.82 Å². The Hall–Kier alpha value is -2.46. The van der Waals surface area contributed by atoms with Crippen LogP contribution in [0.15, 0.2) is 22.9 Å². The van der Waals surface area contributed by atoms with Gasteiger partial charge in [0.15, 0.2) is 5.82 Å². The van der Waals surface area contributed by atoms with E-state index in [1.54, 1.807) is 12.3 Å². The third kappa shape index (κ3) is 3.03. The number of rotatable bonds is 4. The van der Waals surface area contributed by atoms with Crippen LogP contribution in [0.3, 0.4) is 0 Å². The molecule has 1 saturated carbocycles. The summed E-state index contributed by atoms with van der Waals surface area (Å²) in [6, 6.07) is 5.82. The Bertz CT molecular complexity index is 724. The first kappa shape index (κ1) is 14.2. The number of nitriles is 1. The number of hydrogen-bond acceptors (Lipinski definition) is 7. The van der Waals surface area contributed by atoms with Crippen molar-refractivity contribution < 1.29 is 4.52 Å². The van der Waals surface area contributed by atoms with E-state index in [2.05, 4.69) is 31.0 Å². The molecule has 0 radical (unpaired) electrons. The van der Waals surface area contributed by atoms with Gasteiger partial charge in [0.25, 0.3) is 0 Å². The maximum absolute atomic E-state index is 9.19. The van der Waals surface area contributed by atoms with Crippen molar-refractivity contribution in [3.63, 3.8) is 0 Å². The largest absolute Gasteiger partial charge is 0.353 e. The lowest BCUT2D eigenvalue weighted by atomic mass is 10.2. The summed E-state index contributed by atoms with van der Waals surface area (Å²) < 4.78 is 5.34. The van der Waals surface area contributed by atoms with Crippen LogP contribution in [0.2, 0.25) is 0 Å². The van der Waals surface area contributed by atoms with Gasteiger partial charge in [0.1, 0.15) is 11.9 Å². The number of aromatic nitrogens is 3. The summed E-state index contributed by atoms with van der Waals surface area (Å²) in [4.78, 5) is 13.3. The Morgan fingerprint density at radius 2 is 2.09 bits per heavy atom. The van der Waals surface area contributed by atoms with Crippen LogP contribution in [0.4, 0.5) is 5.82 Å². The smallest absolute Gasteiger partial charge is 0.240 e. The van der Waals surface area contributed by atoms with Crippen LogP contribution in [-0.4, -0.2) is 46.2 Å². The summed E-state index contributed by atoms with van der Waals surface area (Å²) in [5, 5.41) is 13.3. The van der Waals surface area contributed by atoms with E-state index in [0.29, 0.717) is 23.9 Å². The average molecular weight is 310 g/mol. The van der Waals surface area contributed by atoms with Crippen molar-refractivity contribution in [1.29, 1.82) is 5.26 Å². The van der Waals surface area contributed by atoms with Gasteiger partial charge >= 0.3 is 0 Å². The quantitative estimate of drug-likeness (QED) is 0.847. The second kappa shape index (κ2) is 5.97. The summed E-state index contributed by atoms with van der Waals surface area (Å²) in [5.41, 5.74) is 0.631. The first-order valence-corrected chi connectivity index (χ1v) is 7.98. The van der Waals surface area contributed by atoms with Crippen molar-refractivity contribution in [3.8, 4) is 6.07 Å². The van der Waals surface area contributed by atoms with Crippen LogP contribution in [0.5, 0.6) is 0 Å². The standard InChI is InChI=1S/C16H18N6O/c17-10-13-2-1-5-18-16(13)22-8-6-21(7-9-22)11-14-19-15(20-23-14)12-3-4-12/h1-2,5,12H,3-4,6-9,11H2. The highest BCUT2D eigenvalue weighted by atomic mass is 16.5. The lowest BCUT2D eigenvalue weighted by Crippen LogP contribution is -2.46. The molecule has 0 N–H and O–H groups in total. The summed E-state index contributed by atoms with van der Waals surface area (Å²) in [5.74, 6) is 2.88. The van der Waals surface area contributed by atoms with Crippen molar-refractivity contribution in [2.24, 2.45) is 0 Å². The molecule has 7 nitrogen and oxygen atoms in total. The average Bonchev–Trinajstić information content (AvgIpc) is 3.35. The van der Waals surface area contributed by atoms with Gasteiger partial charge in [-0.3, -0.25) is 4.90 Å². The summed E-state index contributed by atoms with van der Waals surface area (Å²) in [7, 11) is 0. The molecule has 0 amide bonds. The molecular weight excluding hydrogens is 292 g/mol. The van der Waals surface area contributed by atoms with Gasteiger partial charge in [-0.25, -0.2) is 4.98 Å². The summed E-state index contributed by atoms with van der Waals surface area (Å²) in [6.45, 7) is 4.16. The zero-order valence-electron chi connectivity index (χ0n) is 12.9. The van der Waals surface area contributed by atoms with Crippen LogP contribution in [0.25, 0.3) is 0 Å². The topological polar surface area (TPSA) is 82.1 Å². The minimum atomic E-state index is 0.526. The second-order valence-electron chi connectivity index (χ2n) is 6.07. The molecule has 2 aromatic heterocycles. The van der Waals surface area contributed by atoms with E-state index in [9.17, 15) is 5.26 Å².